The lowest BCUT2D eigenvalue weighted by Gasteiger charge is -2.17. The summed E-state index contributed by atoms with van der Waals surface area (Å²) in [4.78, 5) is 4.48. The molecule has 5 heteroatoms. The van der Waals surface area contributed by atoms with Gasteiger partial charge in [-0.15, -0.1) is 11.3 Å². The number of thiazole rings is 1. The zero-order valence-electron chi connectivity index (χ0n) is 12.9. The Morgan fingerprint density at radius 2 is 1.83 bits per heavy atom. The summed E-state index contributed by atoms with van der Waals surface area (Å²) in [5.74, 6) is 0.948. The summed E-state index contributed by atoms with van der Waals surface area (Å²) in [6.07, 6.45) is 0.780. The van der Waals surface area contributed by atoms with Gasteiger partial charge in [-0.05, 0) is 35.7 Å². The fraction of sp³-hybridized carbons (Fsp3) is 0.167. The summed E-state index contributed by atoms with van der Waals surface area (Å²) in [5.41, 5.74) is 16.0. The molecule has 3 aromatic rings. The zero-order valence-corrected chi connectivity index (χ0v) is 13.7. The van der Waals surface area contributed by atoms with Crippen LogP contribution in [0.5, 0.6) is 5.75 Å². The van der Waals surface area contributed by atoms with Crippen molar-refractivity contribution in [2.45, 2.75) is 12.3 Å². The van der Waals surface area contributed by atoms with E-state index >= 15 is 0 Å². The predicted molar refractivity (Wildman–Crippen MR) is 95.9 cm³/mol. The molecule has 3 rings (SSSR count). The van der Waals surface area contributed by atoms with E-state index in [0.717, 1.165) is 29.1 Å². The molecule has 1 unspecified atom stereocenters. The van der Waals surface area contributed by atoms with E-state index in [1.165, 1.54) is 16.9 Å². The molecular weight excluding hydrogens is 306 g/mol. The smallest absolute Gasteiger partial charge is 0.180 e. The van der Waals surface area contributed by atoms with Crippen molar-refractivity contribution in [2.24, 2.45) is 0 Å². The van der Waals surface area contributed by atoms with E-state index in [0.29, 0.717) is 5.13 Å². The third-order valence-electron chi connectivity index (χ3n) is 3.89. The number of methoxy groups -OCH3 is 1. The van der Waals surface area contributed by atoms with E-state index in [2.05, 4.69) is 23.2 Å². The van der Waals surface area contributed by atoms with Crippen molar-refractivity contribution in [1.82, 2.24) is 4.98 Å². The highest BCUT2D eigenvalue weighted by atomic mass is 32.1. The fourth-order valence-corrected chi connectivity index (χ4v) is 3.25. The molecule has 2 aromatic carbocycles. The number of benzene rings is 2. The maximum Gasteiger partial charge on any atom is 0.180 e. The first-order valence-corrected chi connectivity index (χ1v) is 8.23. The largest absolute Gasteiger partial charge is 0.497 e. The van der Waals surface area contributed by atoms with Crippen molar-refractivity contribution < 1.29 is 4.74 Å². The van der Waals surface area contributed by atoms with Crippen LogP contribution in [0.2, 0.25) is 0 Å². The number of nitrogen functional groups attached to an aromatic ring is 2. The van der Waals surface area contributed by atoms with Crippen LogP contribution in [0.1, 0.15) is 22.7 Å². The van der Waals surface area contributed by atoms with Crippen molar-refractivity contribution in [2.75, 3.05) is 18.6 Å². The van der Waals surface area contributed by atoms with Gasteiger partial charge in [0.2, 0.25) is 0 Å². The quantitative estimate of drug-likeness (QED) is 0.702. The van der Waals surface area contributed by atoms with Gasteiger partial charge >= 0.3 is 0 Å². The Morgan fingerprint density at radius 1 is 1.09 bits per heavy atom. The minimum absolute atomic E-state index is 0.110. The second-order valence-electron chi connectivity index (χ2n) is 5.34. The highest BCUT2D eigenvalue weighted by Gasteiger charge is 2.19. The Kier molecular flexibility index (Phi) is 4.48. The van der Waals surface area contributed by atoms with Gasteiger partial charge in [-0.25, -0.2) is 4.98 Å². The zero-order chi connectivity index (χ0) is 16.2. The number of nitrogens with zero attached hydrogens (tertiary/aromatic N) is 1. The number of hydrogen-bond acceptors (Lipinski definition) is 5. The fourth-order valence-electron chi connectivity index (χ4n) is 2.63. The molecule has 0 spiro atoms. The van der Waals surface area contributed by atoms with Gasteiger partial charge < -0.3 is 16.2 Å². The van der Waals surface area contributed by atoms with Crippen molar-refractivity contribution in [3.05, 3.63) is 70.7 Å². The molecule has 0 radical (unpaired) electrons. The molecular formula is C18H19N3OS. The average Bonchev–Trinajstić information content (AvgIpc) is 3.00. The van der Waals surface area contributed by atoms with E-state index in [4.69, 9.17) is 16.2 Å². The maximum absolute atomic E-state index is 6.11. The van der Waals surface area contributed by atoms with Crippen LogP contribution in [0.3, 0.4) is 0 Å². The molecule has 0 aliphatic carbocycles. The summed E-state index contributed by atoms with van der Waals surface area (Å²) in [6.45, 7) is 0. The minimum Gasteiger partial charge on any atom is -0.497 e. The van der Waals surface area contributed by atoms with E-state index in [-0.39, 0.29) is 5.92 Å². The Morgan fingerprint density at radius 3 is 2.43 bits per heavy atom. The second kappa shape index (κ2) is 6.71. The molecule has 0 saturated carbocycles. The minimum atomic E-state index is 0.110. The Balaban J connectivity index is 1.98. The standard InChI is InChI=1S/C18H19N3OS/c1-22-14-8-6-12(7-9-14)15(17-11-23-18(20)21-17)10-13-4-2-3-5-16(13)19/h2-9,11,15H,10,19H2,1H3,(H2,20,21). The molecule has 4 N–H and O–H groups in total. The lowest BCUT2D eigenvalue weighted by atomic mass is 9.89. The highest BCUT2D eigenvalue weighted by molar-refractivity contribution is 7.13. The summed E-state index contributed by atoms with van der Waals surface area (Å²) < 4.78 is 5.24. The number of hydrogen-bond donors (Lipinski definition) is 2. The van der Waals surface area contributed by atoms with Crippen LogP contribution in [0.4, 0.5) is 10.8 Å². The normalized spacial score (nSPS) is 12.0. The number of para-hydroxylation sites is 1. The molecule has 4 nitrogen and oxygen atoms in total. The van der Waals surface area contributed by atoms with E-state index in [1.807, 2.05) is 35.7 Å². The number of rotatable bonds is 5. The van der Waals surface area contributed by atoms with Crippen LogP contribution in [0.25, 0.3) is 0 Å². The third kappa shape index (κ3) is 3.46. The Hall–Kier alpha value is -2.53. The molecule has 0 aliphatic rings. The van der Waals surface area contributed by atoms with Gasteiger partial charge in [0.05, 0.1) is 12.8 Å². The van der Waals surface area contributed by atoms with Crippen LogP contribution in [0, 0.1) is 0 Å². The van der Waals surface area contributed by atoms with Gasteiger partial charge in [-0.2, -0.15) is 0 Å². The molecule has 0 bridgehead atoms. The van der Waals surface area contributed by atoms with Gasteiger partial charge in [0, 0.05) is 17.0 Å². The average molecular weight is 325 g/mol. The number of nitrogens with two attached hydrogens (primary N) is 2. The molecule has 0 amide bonds. The lowest BCUT2D eigenvalue weighted by Crippen LogP contribution is -2.07. The van der Waals surface area contributed by atoms with Gasteiger partial charge in [0.15, 0.2) is 5.13 Å². The van der Waals surface area contributed by atoms with Crippen molar-refractivity contribution in [3.63, 3.8) is 0 Å². The first kappa shape index (κ1) is 15.4. The molecule has 1 heterocycles. The molecule has 0 saturated heterocycles. The monoisotopic (exact) mass is 325 g/mol. The topological polar surface area (TPSA) is 74.2 Å². The summed E-state index contributed by atoms with van der Waals surface area (Å²) in [5, 5.41) is 2.60. The predicted octanol–water partition coefficient (Wildman–Crippen LogP) is 3.69. The van der Waals surface area contributed by atoms with Crippen molar-refractivity contribution in [1.29, 1.82) is 0 Å². The maximum atomic E-state index is 6.11. The van der Waals surface area contributed by atoms with Crippen molar-refractivity contribution >= 4 is 22.2 Å². The number of ether oxygens (including phenoxy) is 1. The summed E-state index contributed by atoms with van der Waals surface area (Å²) >= 11 is 1.46. The third-order valence-corrected chi connectivity index (χ3v) is 4.59. The number of anilines is 2. The highest BCUT2D eigenvalue weighted by Crippen LogP contribution is 2.32. The van der Waals surface area contributed by atoms with Crippen LogP contribution >= 0.6 is 11.3 Å². The molecule has 0 fully saturated rings. The second-order valence-corrected chi connectivity index (χ2v) is 6.23. The Labute approximate surface area is 139 Å². The van der Waals surface area contributed by atoms with Gasteiger partial charge in [-0.1, -0.05) is 30.3 Å². The van der Waals surface area contributed by atoms with E-state index in [1.54, 1.807) is 7.11 Å². The first-order valence-electron chi connectivity index (χ1n) is 7.35. The van der Waals surface area contributed by atoms with Crippen LogP contribution < -0.4 is 16.2 Å². The Bertz CT molecular complexity index is 783. The van der Waals surface area contributed by atoms with Gasteiger partial charge in [0.25, 0.3) is 0 Å². The van der Waals surface area contributed by atoms with E-state index < -0.39 is 0 Å². The molecule has 0 aliphatic heterocycles. The van der Waals surface area contributed by atoms with Crippen LogP contribution in [0.15, 0.2) is 53.9 Å². The van der Waals surface area contributed by atoms with Crippen molar-refractivity contribution in [3.8, 4) is 5.75 Å². The van der Waals surface area contributed by atoms with E-state index in [9.17, 15) is 0 Å². The first-order chi connectivity index (χ1) is 11.2. The molecule has 118 valence electrons. The molecule has 23 heavy (non-hydrogen) atoms. The summed E-state index contributed by atoms with van der Waals surface area (Å²) in [7, 11) is 1.66. The van der Waals surface area contributed by atoms with Crippen LogP contribution in [-0.2, 0) is 6.42 Å². The number of aromatic nitrogens is 1. The SMILES string of the molecule is COc1ccc(C(Cc2ccccc2N)c2csc(N)n2)cc1. The van der Waals surface area contributed by atoms with Crippen LogP contribution in [-0.4, -0.2) is 12.1 Å². The molecule has 1 atom stereocenters. The summed E-state index contributed by atoms with van der Waals surface area (Å²) in [6, 6.07) is 16.0. The van der Waals surface area contributed by atoms with Gasteiger partial charge in [0.1, 0.15) is 5.75 Å². The molecule has 1 aromatic heterocycles. The van der Waals surface area contributed by atoms with Gasteiger partial charge in [-0.3, -0.25) is 0 Å². The lowest BCUT2D eigenvalue weighted by molar-refractivity contribution is 0.414.